The molecule has 2 fully saturated rings. The Balaban J connectivity index is 0.000000377. The van der Waals surface area contributed by atoms with Gasteiger partial charge in [0.15, 0.2) is 5.92 Å². The molecule has 1 unspecified atom stereocenters. The number of rotatable bonds is 12. The zero-order valence-electron chi connectivity index (χ0n) is 22.9. The highest BCUT2D eigenvalue weighted by Crippen LogP contribution is 2.21. The van der Waals surface area contributed by atoms with Crippen molar-refractivity contribution in [2.24, 2.45) is 11.8 Å². The Morgan fingerprint density at radius 2 is 1.24 bits per heavy atom. The standard InChI is InChI=1S/C16H24O4.C13H22O4/c17-15(19-13-7-3-1-4-8-13)11-12-16(18)20-14-9-5-2-6-10-14;1-5-7-11(12(14)16-8-6-2)13(15)17-9-10(3)4/h11-14H,1-10H2;6,10-11H,2,5,7-9H2,1,3-4H3/b12-11-;. The van der Waals surface area contributed by atoms with E-state index in [9.17, 15) is 19.2 Å². The predicted octanol–water partition coefficient (Wildman–Crippen LogP) is 5.63. The van der Waals surface area contributed by atoms with Gasteiger partial charge in [0.05, 0.1) is 6.61 Å². The Bertz CT molecular complexity index is 696. The van der Waals surface area contributed by atoms with Crippen LogP contribution in [0.1, 0.15) is 97.8 Å². The molecule has 0 heterocycles. The van der Waals surface area contributed by atoms with Gasteiger partial charge in [0.1, 0.15) is 18.8 Å². The second-order valence-corrected chi connectivity index (χ2v) is 10.0. The van der Waals surface area contributed by atoms with Gasteiger partial charge in [-0.25, -0.2) is 9.59 Å². The maximum atomic E-state index is 11.7. The maximum absolute atomic E-state index is 11.7. The van der Waals surface area contributed by atoms with Crippen LogP contribution in [-0.2, 0) is 38.1 Å². The first-order valence-electron chi connectivity index (χ1n) is 13.8. The van der Waals surface area contributed by atoms with E-state index in [1.54, 1.807) is 0 Å². The molecule has 37 heavy (non-hydrogen) atoms. The first-order valence-corrected chi connectivity index (χ1v) is 13.8. The van der Waals surface area contributed by atoms with Gasteiger partial charge in [0, 0.05) is 12.2 Å². The van der Waals surface area contributed by atoms with E-state index in [1.165, 1.54) is 31.1 Å². The average molecular weight is 523 g/mol. The normalized spacial score (nSPS) is 17.3. The third-order valence-electron chi connectivity index (χ3n) is 6.07. The van der Waals surface area contributed by atoms with Crippen LogP contribution in [0.4, 0.5) is 0 Å². The van der Waals surface area contributed by atoms with Gasteiger partial charge >= 0.3 is 23.9 Å². The summed E-state index contributed by atoms with van der Waals surface area (Å²) in [5.74, 6) is -2.44. The van der Waals surface area contributed by atoms with Crippen LogP contribution in [0, 0.1) is 11.8 Å². The SMILES string of the molecule is C=CCOC(=O)C(CCC)C(=O)OCC(C)C.O=C(/C=C\C(=O)OC1CCCCC1)OC1CCCCC1. The fraction of sp³-hybridized carbons (Fsp3) is 0.724. The molecule has 0 spiro atoms. The summed E-state index contributed by atoms with van der Waals surface area (Å²) in [6.07, 6.45) is 15.7. The summed E-state index contributed by atoms with van der Waals surface area (Å²) in [6.45, 7) is 9.69. The molecule has 2 aliphatic rings. The zero-order chi connectivity index (χ0) is 27.5. The minimum Gasteiger partial charge on any atom is -0.465 e. The molecule has 0 aromatic carbocycles. The summed E-state index contributed by atoms with van der Waals surface area (Å²) in [7, 11) is 0. The summed E-state index contributed by atoms with van der Waals surface area (Å²) < 4.78 is 20.5. The van der Waals surface area contributed by atoms with Crippen molar-refractivity contribution >= 4 is 23.9 Å². The summed E-state index contributed by atoms with van der Waals surface area (Å²) in [6, 6.07) is 0. The van der Waals surface area contributed by atoms with E-state index in [1.807, 2.05) is 20.8 Å². The van der Waals surface area contributed by atoms with Crippen LogP contribution in [0.5, 0.6) is 0 Å². The smallest absolute Gasteiger partial charge is 0.331 e. The number of hydrogen-bond donors (Lipinski definition) is 0. The molecular weight excluding hydrogens is 476 g/mol. The van der Waals surface area contributed by atoms with Gasteiger partial charge in [-0.3, -0.25) is 9.59 Å². The Morgan fingerprint density at radius 1 is 0.784 bits per heavy atom. The van der Waals surface area contributed by atoms with Gasteiger partial charge in [0.2, 0.25) is 0 Å². The molecule has 1 atom stereocenters. The van der Waals surface area contributed by atoms with Crippen LogP contribution >= 0.6 is 0 Å². The molecule has 0 aromatic heterocycles. The van der Waals surface area contributed by atoms with Gasteiger partial charge < -0.3 is 18.9 Å². The lowest BCUT2D eigenvalue weighted by atomic mass is 9.98. The first kappa shape index (κ1) is 32.4. The second kappa shape index (κ2) is 19.5. The predicted molar refractivity (Wildman–Crippen MR) is 140 cm³/mol. The van der Waals surface area contributed by atoms with Crippen molar-refractivity contribution in [3.05, 3.63) is 24.8 Å². The molecule has 8 heteroatoms. The molecule has 0 bridgehead atoms. The summed E-state index contributed by atoms with van der Waals surface area (Å²) in [5, 5.41) is 0. The van der Waals surface area contributed by atoms with E-state index < -0.39 is 29.8 Å². The van der Waals surface area contributed by atoms with Crippen LogP contribution in [0.3, 0.4) is 0 Å². The van der Waals surface area contributed by atoms with Crippen LogP contribution in [0.15, 0.2) is 24.8 Å². The van der Waals surface area contributed by atoms with Crippen molar-refractivity contribution in [3.63, 3.8) is 0 Å². The molecule has 210 valence electrons. The molecule has 0 amide bonds. The quantitative estimate of drug-likeness (QED) is 0.107. The maximum Gasteiger partial charge on any atom is 0.331 e. The monoisotopic (exact) mass is 522 g/mol. The largest absolute Gasteiger partial charge is 0.465 e. The molecule has 2 aliphatic carbocycles. The minimum absolute atomic E-state index is 0.0234. The number of hydrogen-bond acceptors (Lipinski definition) is 8. The third kappa shape index (κ3) is 15.3. The third-order valence-corrected chi connectivity index (χ3v) is 6.07. The molecule has 0 radical (unpaired) electrons. The molecule has 0 aliphatic heterocycles. The van der Waals surface area contributed by atoms with Crippen molar-refractivity contribution < 1.29 is 38.1 Å². The van der Waals surface area contributed by atoms with E-state index in [0.29, 0.717) is 13.0 Å². The van der Waals surface area contributed by atoms with E-state index in [0.717, 1.165) is 57.8 Å². The number of carbonyl (C=O) groups excluding carboxylic acids is 4. The topological polar surface area (TPSA) is 105 Å². The van der Waals surface area contributed by atoms with Gasteiger partial charge in [0.25, 0.3) is 0 Å². The average Bonchev–Trinajstić information content (AvgIpc) is 2.89. The molecule has 2 saturated carbocycles. The fourth-order valence-electron chi connectivity index (χ4n) is 4.12. The number of ether oxygens (including phenoxy) is 4. The van der Waals surface area contributed by atoms with Crippen molar-refractivity contribution in [2.75, 3.05) is 13.2 Å². The lowest BCUT2D eigenvalue weighted by Crippen LogP contribution is -2.29. The lowest BCUT2D eigenvalue weighted by molar-refractivity contribution is -0.162. The Kier molecular flexibility index (Phi) is 17.0. The summed E-state index contributed by atoms with van der Waals surface area (Å²) in [5.41, 5.74) is 0. The van der Waals surface area contributed by atoms with E-state index in [4.69, 9.17) is 18.9 Å². The molecule has 0 N–H and O–H groups in total. The Labute approximate surface area is 222 Å². The highest BCUT2D eigenvalue weighted by atomic mass is 16.6. The number of esters is 4. The van der Waals surface area contributed by atoms with Crippen molar-refractivity contribution in [2.45, 2.75) is 110 Å². The van der Waals surface area contributed by atoms with Gasteiger partial charge in [-0.05, 0) is 63.7 Å². The zero-order valence-corrected chi connectivity index (χ0v) is 22.9. The molecular formula is C29H46O8. The van der Waals surface area contributed by atoms with E-state index >= 15 is 0 Å². The van der Waals surface area contributed by atoms with Crippen LogP contribution < -0.4 is 0 Å². The van der Waals surface area contributed by atoms with Crippen LogP contribution in [0.25, 0.3) is 0 Å². The highest BCUT2D eigenvalue weighted by molar-refractivity contribution is 5.95. The van der Waals surface area contributed by atoms with Crippen molar-refractivity contribution in [3.8, 4) is 0 Å². The molecule has 2 rings (SSSR count). The second-order valence-electron chi connectivity index (χ2n) is 10.0. The molecule has 0 saturated heterocycles. The van der Waals surface area contributed by atoms with Gasteiger partial charge in [-0.1, -0.05) is 52.7 Å². The van der Waals surface area contributed by atoms with Crippen molar-refractivity contribution in [1.29, 1.82) is 0 Å². The van der Waals surface area contributed by atoms with Crippen molar-refractivity contribution in [1.82, 2.24) is 0 Å². The number of carbonyl (C=O) groups is 4. The minimum atomic E-state index is -0.807. The van der Waals surface area contributed by atoms with Gasteiger partial charge in [-0.2, -0.15) is 0 Å². The lowest BCUT2D eigenvalue weighted by Gasteiger charge is -2.21. The highest BCUT2D eigenvalue weighted by Gasteiger charge is 2.28. The molecule has 8 nitrogen and oxygen atoms in total. The van der Waals surface area contributed by atoms with Gasteiger partial charge in [-0.15, -0.1) is 0 Å². The summed E-state index contributed by atoms with van der Waals surface area (Å²) in [4.78, 5) is 46.5. The Morgan fingerprint density at radius 3 is 1.65 bits per heavy atom. The van der Waals surface area contributed by atoms with Crippen LogP contribution in [-0.4, -0.2) is 49.3 Å². The molecule has 0 aromatic rings. The van der Waals surface area contributed by atoms with E-state index in [-0.39, 0.29) is 24.7 Å². The Hall–Kier alpha value is -2.64. The van der Waals surface area contributed by atoms with Crippen LogP contribution in [0.2, 0.25) is 0 Å². The summed E-state index contributed by atoms with van der Waals surface area (Å²) >= 11 is 0. The fourth-order valence-corrected chi connectivity index (χ4v) is 4.12. The first-order chi connectivity index (χ1) is 17.8. The van der Waals surface area contributed by atoms with E-state index in [2.05, 4.69) is 6.58 Å².